The molecule has 1 unspecified atom stereocenters. The maximum Gasteiger partial charge on any atom is 0.131 e. The van der Waals surface area contributed by atoms with Gasteiger partial charge in [-0.1, -0.05) is 74.3 Å². The minimum absolute atomic E-state index is 0.0369. The molecule has 3 rings (SSSR count). The molecule has 0 saturated carbocycles. The van der Waals surface area contributed by atoms with Gasteiger partial charge in [0.15, 0.2) is 0 Å². The van der Waals surface area contributed by atoms with Gasteiger partial charge in [0.2, 0.25) is 0 Å². The molecule has 0 N–H and O–H groups in total. The van der Waals surface area contributed by atoms with Gasteiger partial charge in [-0.3, -0.25) is 0 Å². The van der Waals surface area contributed by atoms with Crippen molar-refractivity contribution in [2.45, 2.75) is 11.8 Å². The zero-order chi connectivity index (χ0) is 15.0. The number of benzene rings is 3. The fourth-order valence-corrected chi connectivity index (χ4v) is 3.44. The lowest BCUT2D eigenvalue weighted by Crippen LogP contribution is -1.96. The Balaban J connectivity index is 2.15. The summed E-state index contributed by atoms with van der Waals surface area (Å²) in [6.45, 7) is 2.07. The van der Waals surface area contributed by atoms with Crippen LogP contribution in [0.1, 0.15) is 21.5 Å². The summed E-state index contributed by atoms with van der Waals surface area (Å²) in [5, 5.41) is 1.60. The average molecular weight is 408 g/mol. The fourth-order valence-electron chi connectivity index (χ4n) is 2.51. The number of alkyl halides is 1. The molecule has 0 aliphatic rings. The third-order valence-electron chi connectivity index (χ3n) is 3.65. The first kappa shape index (κ1) is 14.7. The summed E-state index contributed by atoms with van der Waals surface area (Å²) < 4.78 is 15.0. The van der Waals surface area contributed by atoms with Crippen molar-refractivity contribution < 1.29 is 4.39 Å². The zero-order valence-electron chi connectivity index (χ0n) is 11.4. The smallest absolute Gasteiger partial charge is 0.131 e. The molecular weight excluding hydrogens is 395 g/mol. The monoisotopic (exact) mass is 406 g/mol. The largest absolute Gasteiger partial charge is 0.206 e. The second-order valence-corrected chi connectivity index (χ2v) is 6.82. The molecule has 0 saturated heterocycles. The summed E-state index contributed by atoms with van der Waals surface area (Å²) in [6, 6.07) is 17.3. The van der Waals surface area contributed by atoms with E-state index in [2.05, 4.69) is 50.9 Å². The van der Waals surface area contributed by atoms with E-state index in [-0.39, 0.29) is 10.6 Å². The van der Waals surface area contributed by atoms with Gasteiger partial charge < -0.3 is 0 Å². The van der Waals surface area contributed by atoms with E-state index in [1.165, 1.54) is 11.6 Å². The molecule has 0 spiro atoms. The molecule has 0 radical (unpaired) electrons. The van der Waals surface area contributed by atoms with Crippen LogP contribution in [0.3, 0.4) is 0 Å². The number of halogens is 3. The van der Waals surface area contributed by atoms with Crippen LogP contribution >= 0.6 is 31.9 Å². The van der Waals surface area contributed by atoms with Crippen LogP contribution < -0.4 is 0 Å². The highest BCUT2D eigenvalue weighted by atomic mass is 79.9. The summed E-state index contributed by atoms with van der Waals surface area (Å²) in [7, 11) is 0. The molecule has 0 amide bonds. The Hall–Kier alpha value is -1.19. The maximum absolute atomic E-state index is 13.9. The lowest BCUT2D eigenvalue weighted by molar-refractivity contribution is 0.639. The van der Waals surface area contributed by atoms with Crippen molar-refractivity contribution in [3.05, 3.63) is 81.6 Å². The van der Waals surface area contributed by atoms with Gasteiger partial charge in [-0.25, -0.2) is 4.39 Å². The van der Waals surface area contributed by atoms with Crippen molar-refractivity contribution >= 4 is 42.6 Å². The average Bonchev–Trinajstić information content (AvgIpc) is 2.50. The SMILES string of the molecule is Cc1cc(C(Br)c2ccc(F)c3ccccc23)ccc1Br. The third kappa shape index (κ3) is 2.77. The summed E-state index contributed by atoms with van der Waals surface area (Å²) >= 11 is 7.28. The van der Waals surface area contributed by atoms with Crippen molar-refractivity contribution in [1.29, 1.82) is 0 Å². The van der Waals surface area contributed by atoms with Crippen LogP contribution in [0.25, 0.3) is 10.8 Å². The van der Waals surface area contributed by atoms with E-state index in [9.17, 15) is 4.39 Å². The lowest BCUT2D eigenvalue weighted by atomic mass is 9.97. The van der Waals surface area contributed by atoms with Crippen LogP contribution in [0.2, 0.25) is 0 Å². The quantitative estimate of drug-likeness (QED) is 0.423. The predicted molar refractivity (Wildman–Crippen MR) is 93.6 cm³/mol. The number of hydrogen-bond donors (Lipinski definition) is 0. The van der Waals surface area contributed by atoms with Gasteiger partial charge in [0.05, 0.1) is 4.83 Å². The first-order valence-electron chi connectivity index (χ1n) is 6.65. The molecular formula is C18H13Br2F. The Bertz CT molecular complexity index is 811. The van der Waals surface area contributed by atoms with E-state index in [4.69, 9.17) is 0 Å². The molecule has 1 atom stereocenters. The second-order valence-electron chi connectivity index (χ2n) is 5.05. The highest BCUT2D eigenvalue weighted by Gasteiger charge is 2.15. The topological polar surface area (TPSA) is 0 Å². The van der Waals surface area contributed by atoms with Crippen molar-refractivity contribution in [2.24, 2.45) is 0 Å². The van der Waals surface area contributed by atoms with E-state index >= 15 is 0 Å². The van der Waals surface area contributed by atoms with Gasteiger partial charge in [-0.2, -0.15) is 0 Å². The van der Waals surface area contributed by atoms with E-state index in [1.807, 2.05) is 36.4 Å². The van der Waals surface area contributed by atoms with Gasteiger partial charge in [0.25, 0.3) is 0 Å². The van der Waals surface area contributed by atoms with Crippen LogP contribution in [-0.2, 0) is 0 Å². The highest BCUT2D eigenvalue weighted by Crippen LogP contribution is 2.37. The maximum atomic E-state index is 13.9. The van der Waals surface area contributed by atoms with Gasteiger partial charge in [-0.05, 0) is 41.1 Å². The molecule has 0 fully saturated rings. The van der Waals surface area contributed by atoms with E-state index in [0.29, 0.717) is 5.39 Å². The van der Waals surface area contributed by atoms with Gasteiger partial charge in [0, 0.05) is 9.86 Å². The van der Waals surface area contributed by atoms with Crippen molar-refractivity contribution in [3.8, 4) is 0 Å². The van der Waals surface area contributed by atoms with E-state index < -0.39 is 0 Å². The standard InChI is InChI=1S/C18H13Br2F/c1-11-10-12(6-8-16(11)19)18(20)15-7-9-17(21)14-5-3-2-4-13(14)15/h2-10,18H,1H3. The Morgan fingerprint density at radius 2 is 1.67 bits per heavy atom. The van der Waals surface area contributed by atoms with Crippen LogP contribution in [0.5, 0.6) is 0 Å². The molecule has 21 heavy (non-hydrogen) atoms. The first-order valence-corrected chi connectivity index (χ1v) is 8.36. The van der Waals surface area contributed by atoms with Crippen molar-refractivity contribution in [1.82, 2.24) is 0 Å². The van der Waals surface area contributed by atoms with E-state index in [1.54, 1.807) is 0 Å². The molecule has 0 nitrogen and oxygen atoms in total. The zero-order valence-corrected chi connectivity index (χ0v) is 14.6. The first-order chi connectivity index (χ1) is 10.1. The summed E-state index contributed by atoms with van der Waals surface area (Å²) in [4.78, 5) is 0.0369. The molecule has 3 aromatic rings. The summed E-state index contributed by atoms with van der Waals surface area (Å²) in [5.74, 6) is -0.180. The Kier molecular flexibility index (Phi) is 4.14. The molecule has 106 valence electrons. The van der Waals surface area contributed by atoms with Crippen LogP contribution in [-0.4, -0.2) is 0 Å². The minimum atomic E-state index is -0.180. The predicted octanol–water partition coefficient (Wildman–Crippen LogP) is 6.53. The van der Waals surface area contributed by atoms with E-state index in [0.717, 1.165) is 21.0 Å². The molecule has 3 heteroatoms. The Labute approximate surface area is 140 Å². The van der Waals surface area contributed by atoms with Crippen LogP contribution in [0, 0.1) is 12.7 Å². The third-order valence-corrected chi connectivity index (χ3v) is 5.56. The molecule has 0 aliphatic carbocycles. The van der Waals surface area contributed by atoms with Gasteiger partial charge in [-0.15, -0.1) is 0 Å². The van der Waals surface area contributed by atoms with Gasteiger partial charge >= 0.3 is 0 Å². The Morgan fingerprint density at radius 3 is 2.38 bits per heavy atom. The second kappa shape index (κ2) is 5.90. The van der Waals surface area contributed by atoms with Crippen molar-refractivity contribution in [3.63, 3.8) is 0 Å². The Morgan fingerprint density at radius 1 is 0.952 bits per heavy atom. The number of aryl methyl sites for hydroxylation is 1. The van der Waals surface area contributed by atoms with Crippen LogP contribution in [0.15, 0.2) is 59.1 Å². The fraction of sp³-hybridized carbons (Fsp3) is 0.111. The molecule has 3 aromatic carbocycles. The molecule has 0 aliphatic heterocycles. The summed E-state index contributed by atoms with van der Waals surface area (Å²) in [5.41, 5.74) is 3.42. The number of hydrogen-bond acceptors (Lipinski definition) is 0. The summed E-state index contributed by atoms with van der Waals surface area (Å²) in [6.07, 6.45) is 0. The molecule has 0 heterocycles. The normalized spacial score (nSPS) is 12.6. The lowest BCUT2D eigenvalue weighted by Gasteiger charge is -2.15. The molecule has 0 aromatic heterocycles. The highest BCUT2D eigenvalue weighted by molar-refractivity contribution is 9.10. The molecule has 0 bridgehead atoms. The van der Waals surface area contributed by atoms with Crippen LogP contribution in [0.4, 0.5) is 4.39 Å². The van der Waals surface area contributed by atoms with Crippen molar-refractivity contribution in [2.75, 3.05) is 0 Å². The number of rotatable bonds is 2. The minimum Gasteiger partial charge on any atom is -0.206 e. The number of fused-ring (bicyclic) bond motifs is 1. The van der Waals surface area contributed by atoms with Gasteiger partial charge in [0.1, 0.15) is 5.82 Å².